The third kappa shape index (κ3) is 5.33. The van der Waals surface area contributed by atoms with Crippen molar-refractivity contribution in [1.29, 1.82) is 0 Å². The van der Waals surface area contributed by atoms with Gasteiger partial charge in [0.25, 0.3) is 0 Å². The molecule has 0 saturated heterocycles. The van der Waals surface area contributed by atoms with Crippen LogP contribution in [0.2, 0.25) is 0 Å². The Morgan fingerprint density at radius 1 is 1.18 bits per heavy atom. The van der Waals surface area contributed by atoms with Gasteiger partial charge in [0.1, 0.15) is 5.75 Å². The molecule has 0 N–H and O–H groups in total. The van der Waals surface area contributed by atoms with Crippen molar-refractivity contribution in [1.82, 2.24) is 5.01 Å². The molecule has 4 nitrogen and oxygen atoms in total. The molecule has 94 valence electrons. The average Bonchev–Trinajstić information content (AvgIpc) is 2.36. The van der Waals surface area contributed by atoms with Crippen LogP contribution < -0.4 is 4.74 Å². The molecule has 0 atom stereocenters. The fourth-order valence-corrected chi connectivity index (χ4v) is 1.66. The molecule has 0 aliphatic carbocycles. The van der Waals surface area contributed by atoms with Gasteiger partial charge in [-0.3, -0.25) is 5.01 Å². The molecule has 1 aromatic carbocycles. The maximum atomic E-state index is 5.12. The lowest BCUT2D eigenvalue weighted by molar-refractivity contribution is 0.321. The highest BCUT2D eigenvalue weighted by atomic mass is 16.5. The number of aryl methyl sites for hydroxylation is 1. The maximum absolute atomic E-state index is 5.12. The summed E-state index contributed by atoms with van der Waals surface area (Å²) in [4.78, 5) is 0. The molecule has 0 spiro atoms. The average molecular weight is 235 g/mol. The van der Waals surface area contributed by atoms with E-state index < -0.39 is 0 Å². The fraction of sp³-hybridized carbons (Fsp3) is 0.538. The van der Waals surface area contributed by atoms with Gasteiger partial charge >= 0.3 is 0 Å². The molecule has 0 fully saturated rings. The van der Waals surface area contributed by atoms with E-state index in [9.17, 15) is 0 Å². The minimum Gasteiger partial charge on any atom is -0.497 e. The van der Waals surface area contributed by atoms with Crippen molar-refractivity contribution in [3.05, 3.63) is 29.8 Å². The summed E-state index contributed by atoms with van der Waals surface area (Å²) < 4.78 is 5.12. The van der Waals surface area contributed by atoms with Crippen LogP contribution in [0, 0.1) is 0 Å². The maximum Gasteiger partial charge on any atom is 0.118 e. The highest BCUT2D eigenvalue weighted by Crippen LogP contribution is 2.13. The first-order valence-corrected chi connectivity index (χ1v) is 5.90. The summed E-state index contributed by atoms with van der Waals surface area (Å²) in [6, 6.07) is 8.25. The van der Waals surface area contributed by atoms with Crippen molar-refractivity contribution in [2.75, 3.05) is 27.7 Å². The highest BCUT2D eigenvalue weighted by molar-refractivity contribution is 5.27. The first-order valence-electron chi connectivity index (χ1n) is 5.90. The SMILES string of the molecule is CN=NN(C)CCCCc1ccc(OC)cc1. The van der Waals surface area contributed by atoms with Crippen LogP contribution in [0.15, 0.2) is 34.6 Å². The van der Waals surface area contributed by atoms with Crippen molar-refractivity contribution < 1.29 is 4.74 Å². The van der Waals surface area contributed by atoms with Crippen LogP contribution in [0.4, 0.5) is 0 Å². The molecule has 0 aromatic heterocycles. The Morgan fingerprint density at radius 3 is 2.47 bits per heavy atom. The molecular formula is C13H21N3O. The fourth-order valence-electron chi connectivity index (χ4n) is 1.66. The van der Waals surface area contributed by atoms with Gasteiger partial charge in [0.05, 0.1) is 14.2 Å². The molecule has 0 bridgehead atoms. The lowest BCUT2D eigenvalue weighted by atomic mass is 10.1. The van der Waals surface area contributed by atoms with Gasteiger partial charge in [-0.15, -0.1) is 0 Å². The van der Waals surface area contributed by atoms with Crippen LogP contribution >= 0.6 is 0 Å². The molecule has 4 heteroatoms. The van der Waals surface area contributed by atoms with Crippen molar-refractivity contribution >= 4 is 0 Å². The predicted molar refractivity (Wildman–Crippen MR) is 69.3 cm³/mol. The number of ether oxygens (including phenoxy) is 1. The van der Waals surface area contributed by atoms with E-state index >= 15 is 0 Å². The minimum absolute atomic E-state index is 0.914. The topological polar surface area (TPSA) is 37.2 Å². The van der Waals surface area contributed by atoms with E-state index in [1.807, 2.05) is 24.2 Å². The molecule has 0 heterocycles. The van der Waals surface area contributed by atoms with Gasteiger partial charge in [-0.05, 0) is 37.0 Å². The summed E-state index contributed by atoms with van der Waals surface area (Å²) in [5, 5.41) is 9.53. The summed E-state index contributed by atoms with van der Waals surface area (Å²) in [5.74, 6) is 0.914. The second-order valence-corrected chi connectivity index (χ2v) is 3.98. The van der Waals surface area contributed by atoms with Gasteiger partial charge in [0.15, 0.2) is 0 Å². The zero-order chi connectivity index (χ0) is 12.5. The summed E-state index contributed by atoms with van der Waals surface area (Å²) in [6.45, 7) is 0.952. The number of unbranched alkanes of at least 4 members (excludes halogenated alkanes) is 1. The molecule has 0 aliphatic rings. The number of hydrogen-bond acceptors (Lipinski definition) is 3. The molecule has 17 heavy (non-hydrogen) atoms. The summed E-state index contributed by atoms with van der Waals surface area (Å²) >= 11 is 0. The Hall–Kier alpha value is -1.58. The van der Waals surface area contributed by atoms with Crippen molar-refractivity contribution in [2.45, 2.75) is 19.3 Å². The van der Waals surface area contributed by atoms with E-state index in [1.54, 1.807) is 14.2 Å². The zero-order valence-electron chi connectivity index (χ0n) is 10.9. The van der Waals surface area contributed by atoms with E-state index in [1.165, 1.54) is 5.56 Å². The van der Waals surface area contributed by atoms with Crippen molar-refractivity contribution in [2.24, 2.45) is 10.3 Å². The monoisotopic (exact) mass is 235 g/mol. The van der Waals surface area contributed by atoms with Gasteiger partial charge < -0.3 is 4.74 Å². The number of nitrogens with zero attached hydrogens (tertiary/aromatic N) is 3. The molecule has 0 saturated carbocycles. The molecule has 0 aliphatic heterocycles. The summed E-state index contributed by atoms with van der Waals surface area (Å²) in [7, 11) is 5.32. The third-order valence-corrected chi connectivity index (χ3v) is 2.60. The molecule has 1 aromatic rings. The number of methoxy groups -OCH3 is 1. The van der Waals surface area contributed by atoms with Gasteiger partial charge in [-0.25, -0.2) is 0 Å². The molecule has 0 unspecified atom stereocenters. The largest absolute Gasteiger partial charge is 0.497 e. The Bertz CT molecular complexity index is 335. The molecular weight excluding hydrogens is 214 g/mol. The molecule has 0 radical (unpaired) electrons. The minimum atomic E-state index is 0.914. The first kappa shape index (κ1) is 13.5. The molecule has 1 rings (SSSR count). The zero-order valence-corrected chi connectivity index (χ0v) is 10.9. The summed E-state index contributed by atoms with van der Waals surface area (Å²) in [6.07, 6.45) is 3.39. The van der Waals surface area contributed by atoms with E-state index in [0.29, 0.717) is 0 Å². The lowest BCUT2D eigenvalue weighted by Crippen LogP contribution is -2.11. The van der Waals surface area contributed by atoms with E-state index in [4.69, 9.17) is 4.74 Å². The Labute approximate surface area is 103 Å². The number of rotatable bonds is 7. The smallest absolute Gasteiger partial charge is 0.118 e. The summed E-state index contributed by atoms with van der Waals surface area (Å²) in [5.41, 5.74) is 1.35. The second kappa shape index (κ2) is 7.65. The van der Waals surface area contributed by atoms with Gasteiger partial charge in [0, 0.05) is 13.6 Å². The van der Waals surface area contributed by atoms with Crippen LogP contribution in [-0.4, -0.2) is 32.8 Å². The Morgan fingerprint density at radius 2 is 1.88 bits per heavy atom. The predicted octanol–water partition coefficient (Wildman–Crippen LogP) is 2.95. The Balaban J connectivity index is 2.21. The quantitative estimate of drug-likeness (QED) is 0.414. The molecule has 0 amide bonds. The second-order valence-electron chi connectivity index (χ2n) is 3.98. The van der Waals surface area contributed by atoms with E-state index in [0.717, 1.165) is 31.6 Å². The highest BCUT2D eigenvalue weighted by Gasteiger charge is 1.97. The van der Waals surface area contributed by atoms with Gasteiger partial charge in [-0.1, -0.05) is 17.4 Å². The van der Waals surface area contributed by atoms with Gasteiger partial charge in [0.2, 0.25) is 0 Å². The van der Waals surface area contributed by atoms with Crippen LogP contribution in [0.3, 0.4) is 0 Å². The standard InChI is InChI=1S/C13H21N3O/c1-14-15-16(2)11-5-4-6-12-7-9-13(17-3)10-8-12/h7-10H,4-6,11H2,1-3H3. The van der Waals surface area contributed by atoms with Crippen molar-refractivity contribution in [3.63, 3.8) is 0 Å². The normalized spacial score (nSPS) is 10.8. The Kier molecular flexibility index (Phi) is 6.07. The lowest BCUT2D eigenvalue weighted by Gasteiger charge is -2.10. The third-order valence-electron chi connectivity index (χ3n) is 2.60. The van der Waals surface area contributed by atoms with E-state index in [-0.39, 0.29) is 0 Å². The number of hydrogen-bond donors (Lipinski definition) is 0. The first-order chi connectivity index (χ1) is 8.26. The van der Waals surface area contributed by atoms with Crippen LogP contribution in [0.5, 0.6) is 5.75 Å². The van der Waals surface area contributed by atoms with Gasteiger partial charge in [-0.2, -0.15) is 5.11 Å². The van der Waals surface area contributed by atoms with Crippen LogP contribution in [-0.2, 0) is 6.42 Å². The number of benzene rings is 1. The van der Waals surface area contributed by atoms with Crippen LogP contribution in [0.1, 0.15) is 18.4 Å². The van der Waals surface area contributed by atoms with Crippen LogP contribution in [0.25, 0.3) is 0 Å². The van der Waals surface area contributed by atoms with Crippen molar-refractivity contribution in [3.8, 4) is 5.75 Å². The van der Waals surface area contributed by atoms with E-state index in [2.05, 4.69) is 22.5 Å².